The van der Waals surface area contributed by atoms with Gasteiger partial charge >= 0.3 is 0 Å². The van der Waals surface area contributed by atoms with E-state index in [9.17, 15) is 4.79 Å². The van der Waals surface area contributed by atoms with E-state index in [2.05, 4.69) is 31.2 Å². The first kappa shape index (κ1) is 16.8. The van der Waals surface area contributed by atoms with Crippen LogP contribution < -0.4 is 9.80 Å². The van der Waals surface area contributed by atoms with Crippen molar-refractivity contribution in [3.63, 3.8) is 0 Å². The van der Waals surface area contributed by atoms with E-state index in [1.54, 1.807) is 13.1 Å². The minimum absolute atomic E-state index is 0.0310. The number of anilines is 2. The second kappa shape index (κ2) is 7.28. The van der Waals surface area contributed by atoms with Gasteiger partial charge < -0.3 is 24.0 Å². The Morgan fingerprint density at radius 1 is 1.04 bits per heavy atom. The van der Waals surface area contributed by atoms with Gasteiger partial charge in [0.2, 0.25) is 0 Å². The van der Waals surface area contributed by atoms with Gasteiger partial charge in [0.15, 0.2) is 5.82 Å². The maximum Gasteiger partial charge on any atom is 0.259 e. The van der Waals surface area contributed by atoms with Gasteiger partial charge in [-0.15, -0.1) is 5.10 Å². The molecule has 138 valence electrons. The lowest BCUT2D eigenvalue weighted by Crippen LogP contribution is -2.49. The summed E-state index contributed by atoms with van der Waals surface area (Å²) in [6.07, 6.45) is 3.28. The minimum Gasteiger partial charge on any atom is -0.378 e. The van der Waals surface area contributed by atoms with E-state index >= 15 is 0 Å². The Morgan fingerprint density at radius 2 is 1.81 bits per heavy atom. The molecule has 1 amide bonds. The highest BCUT2D eigenvalue weighted by Gasteiger charge is 2.26. The number of nitrogens with zero attached hydrogens (tertiary/aromatic N) is 6. The zero-order valence-electron chi connectivity index (χ0n) is 14.8. The number of hydrogen-bond acceptors (Lipinski definition) is 8. The van der Waals surface area contributed by atoms with Crippen molar-refractivity contribution in [1.82, 2.24) is 20.3 Å². The molecule has 2 aromatic heterocycles. The van der Waals surface area contributed by atoms with Gasteiger partial charge in [0.25, 0.3) is 5.91 Å². The Hall–Kier alpha value is -2.68. The number of piperazine rings is 1. The van der Waals surface area contributed by atoms with Crippen LogP contribution in [0.3, 0.4) is 0 Å². The van der Waals surface area contributed by atoms with Crippen LogP contribution >= 0.6 is 0 Å². The molecule has 2 saturated heterocycles. The lowest BCUT2D eigenvalue weighted by molar-refractivity contribution is 0.0744. The number of carbonyl (C=O) groups is 1. The fourth-order valence-corrected chi connectivity index (χ4v) is 3.31. The van der Waals surface area contributed by atoms with Crippen LogP contribution in [0.15, 0.2) is 23.0 Å². The van der Waals surface area contributed by atoms with Gasteiger partial charge in [0.05, 0.1) is 31.3 Å². The van der Waals surface area contributed by atoms with Gasteiger partial charge in [0.1, 0.15) is 11.3 Å². The lowest BCUT2D eigenvalue weighted by Gasteiger charge is -2.35. The average Bonchev–Trinajstić information content (AvgIpc) is 3.14. The average molecular weight is 358 g/mol. The highest BCUT2D eigenvalue weighted by molar-refractivity contribution is 5.94. The number of aryl methyl sites for hydroxylation is 1. The van der Waals surface area contributed by atoms with Gasteiger partial charge in [-0.1, -0.05) is 5.16 Å². The Kier molecular flexibility index (Phi) is 4.70. The van der Waals surface area contributed by atoms with Gasteiger partial charge in [-0.3, -0.25) is 4.79 Å². The molecule has 0 unspecified atom stereocenters. The second-order valence-electron chi connectivity index (χ2n) is 6.45. The summed E-state index contributed by atoms with van der Waals surface area (Å²) >= 11 is 0. The van der Waals surface area contributed by atoms with Crippen LogP contribution in [0.4, 0.5) is 11.5 Å². The van der Waals surface area contributed by atoms with Crippen molar-refractivity contribution in [2.24, 2.45) is 0 Å². The Bertz CT molecular complexity index is 765. The summed E-state index contributed by atoms with van der Waals surface area (Å²) in [5.41, 5.74) is 1.60. The first-order chi connectivity index (χ1) is 12.7. The monoisotopic (exact) mass is 358 g/mol. The molecule has 4 rings (SSSR count). The van der Waals surface area contributed by atoms with Crippen molar-refractivity contribution in [3.8, 4) is 0 Å². The fourth-order valence-electron chi connectivity index (χ4n) is 3.31. The molecule has 0 saturated carbocycles. The van der Waals surface area contributed by atoms with Crippen molar-refractivity contribution in [2.45, 2.75) is 6.92 Å². The maximum absolute atomic E-state index is 12.5. The quantitative estimate of drug-likeness (QED) is 0.787. The maximum atomic E-state index is 12.5. The van der Waals surface area contributed by atoms with Crippen LogP contribution in [0, 0.1) is 6.92 Å². The highest BCUT2D eigenvalue weighted by Crippen LogP contribution is 2.21. The number of amides is 1. The Morgan fingerprint density at radius 3 is 2.50 bits per heavy atom. The molecule has 0 aromatic carbocycles. The molecule has 0 spiro atoms. The molecule has 9 nitrogen and oxygen atoms in total. The Labute approximate surface area is 151 Å². The van der Waals surface area contributed by atoms with Gasteiger partial charge in [-0.05, 0) is 6.92 Å². The zero-order valence-corrected chi connectivity index (χ0v) is 14.8. The molecular weight excluding hydrogens is 336 g/mol. The normalized spacial score (nSPS) is 18.3. The summed E-state index contributed by atoms with van der Waals surface area (Å²) in [5, 5.41) is 12.1. The minimum atomic E-state index is -0.0310. The van der Waals surface area contributed by atoms with E-state index in [-0.39, 0.29) is 5.91 Å². The number of hydrogen-bond donors (Lipinski definition) is 0. The number of morpholine rings is 1. The Balaban J connectivity index is 1.40. The number of carbonyl (C=O) groups excluding carboxylic acids is 1. The van der Waals surface area contributed by atoms with Gasteiger partial charge in [0, 0.05) is 45.3 Å². The third kappa shape index (κ3) is 3.34. The van der Waals surface area contributed by atoms with Crippen LogP contribution in [-0.2, 0) is 4.74 Å². The van der Waals surface area contributed by atoms with E-state index in [1.807, 2.05) is 4.90 Å². The standard InChI is InChI=1S/C17H22N6O3/c1-13-15(12-19-26-13)17(24)23-4-2-22(3-5-23)16-10-14(11-18-20-16)21-6-8-25-9-7-21/h10-12H,2-9H2,1H3. The SMILES string of the molecule is Cc1oncc1C(=O)N1CCN(c2cc(N3CCOCC3)cnn2)CC1. The molecule has 9 heteroatoms. The van der Waals surface area contributed by atoms with E-state index in [1.165, 1.54) is 6.20 Å². The lowest BCUT2D eigenvalue weighted by atomic mass is 10.2. The predicted molar refractivity (Wildman–Crippen MR) is 94.4 cm³/mol. The van der Waals surface area contributed by atoms with Crippen LogP contribution in [0.2, 0.25) is 0 Å². The van der Waals surface area contributed by atoms with Crippen molar-refractivity contribution in [2.75, 3.05) is 62.3 Å². The van der Waals surface area contributed by atoms with Crippen LogP contribution in [0.5, 0.6) is 0 Å². The molecule has 26 heavy (non-hydrogen) atoms. The van der Waals surface area contributed by atoms with Gasteiger partial charge in [-0.25, -0.2) is 0 Å². The van der Waals surface area contributed by atoms with Crippen LogP contribution in [0.1, 0.15) is 16.1 Å². The molecular formula is C17H22N6O3. The molecule has 0 bridgehead atoms. The molecule has 0 N–H and O–H groups in total. The summed E-state index contributed by atoms with van der Waals surface area (Å²) in [4.78, 5) is 18.8. The van der Waals surface area contributed by atoms with E-state index < -0.39 is 0 Å². The van der Waals surface area contributed by atoms with E-state index in [0.29, 0.717) is 24.4 Å². The van der Waals surface area contributed by atoms with Crippen molar-refractivity contribution in [3.05, 3.63) is 29.8 Å². The first-order valence-electron chi connectivity index (χ1n) is 8.83. The number of aromatic nitrogens is 3. The molecule has 0 atom stereocenters. The van der Waals surface area contributed by atoms with E-state index in [0.717, 1.165) is 50.9 Å². The largest absolute Gasteiger partial charge is 0.378 e. The number of ether oxygens (including phenoxy) is 1. The molecule has 2 aliphatic rings. The van der Waals surface area contributed by atoms with Crippen LogP contribution in [0.25, 0.3) is 0 Å². The van der Waals surface area contributed by atoms with Gasteiger partial charge in [-0.2, -0.15) is 5.10 Å². The highest BCUT2D eigenvalue weighted by atomic mass is 16.5. The molecule has 2 aliphatic heterocycles. The smallest absolute Gasteiger partial charge is 0.259 e. The third-order valence-corrected chi connectivity index (χ3v) is 4.88. The second-order valence-corrected chi connectivity index (χ2v) is 6.45. The first-order valence-corrected chi connectivity index (χ1v) is 8.83. The predicted octanol–water partition coefficient (Wildman–Crippen LogP) is 0.572. The molecule has 4 heterocycles. The summed E-state index contributed by atoms with van der Waals surface area (Å²) in [6.45, 7) is 7.66. The van der Waals surface area contributed by atoms with Crippen molar-refractivity contribution in [1.29, 1.82) is 0 Å². The zero-order chi connectivity index (χ0) is 17.9. The summed E-state index contributed by atoms with van der Waals surface area (Å²) in [5.74, 6) is 1.38. The topological polar surface area (TPSA) is 87.8 Å². The summed E-state index contributed by atoms with van der Waals surface area (Å²) in [6, 6.07) is 2.07. The fraction of sp³-hybridized carbons (Fsp3) is 0.529. The molecule has 0 radical (unpaired) electrons. The van der Waals surface area contributed by atoms with Crippen LogP contribution in [-0.4, -0.2) is 78.6 Å². The third-order valence-electron chi connectivity index (χ3n) is 4.88. The molecule has 2 aromatic rings. The molecule has 0 aliphatic carbocycles. The summed E-state index contributed by atoms with van der Waals surface area (Å²) in [7, 11) is 0. The summed E-state index contributed by atoms with van der Waals surface area (Å²) < 4.78 is 10.4. The van der Waals surface area contributed by atoms with Crippen molar-refractivity contribution >= 4 is 17.4 Å². The molecule has 2 fully saturated rings. The van der Waals surface area contributed by atoms with E-state index in [4.69, 9.17) is 9.26 Å². The van der Waals surface area contributed by atoms with Crippen molar-refractivity contribution < 1.29 is 14.1 Å². The number of rotatable bonds is 3.